The van der Waals surface area contributed by atoms with Crippen LogP contribution in [0.15, 0.2) is 36.9 Å². The molecule has 0 saturated carbocycles. The number of benzene rings is 1. The maximum absolute atomic E-state index is 12.2. The van der Waals surface area contributed by atoms with E-state index < -0.39 is 23.9 Å². The number of hydrogen-bond acceptors (Lipinski definition) is 5. The van der Waals surface area contributed by atoms with Crippen LogP contribution in [0.5, 0.6) is 0 Å². The van der Waals surface area contributed by atoms with Gasteiger partial charge in [0.25, 0.3) is 0 Å². The van der Waals surface area contributed by atoms with Gasteiger partial charge in [-0.05, 0) is 32.9 Å². The third-order valence-corrected chi connectivity index (χ3v) is 3.09. The topological polar surface area (TPSA) is 64.6 Å². The van der Waals surface area contributed by atoms with Gasteiger partial charge >= 0.3 is 11.9 Å². The summed E-state index contributed by atoms with van der Waals surface area (Å²) in [6, 6.07) is 6.63. The molecule has 5 nitrogen and oxygen atoms in total. The van der Waals surface area contributed by atoms with Crippen LogP contribution < -0.4 is 5.32 Å². The molecule has 1 N–H and O–H groups in total. The summed E-state index contributed by atoms with van der Waals surface area (Å²) >= 11 is 0. The van der Waals surface area contributed by atoms with Crippen molar-refractivity contribution in [1.29, 1.82) is 0 Å². The molecular weight excluding hydrogens is 282 g/mol. The minimum absolute atomic E-state index is 0.234. The molecule has 0 aliphatic rings. The van der Waals surface area contributed by atoms with Crippen LogP contribution in [-0.4, -0.2) is 31.2 Å². The number of aryl methyl sites for hydroxylation is 1. The maximum Gasteiger partial charge on any atom is 0.329 e. The molecule has 5 heteroatoms. The third kappa shape index (κ3) is 4.91. The Hall–Kier alpha value is -2.30. The van der Waals surface area contributed by atoms with E-state index in [0.29, 0.717) is 0 Å². The van der Waals surface area contributed by atoms with E-state index in [0.717, 1.165) is 11.3 Å². The van der Waals surface area contributed by atoms with Crippen LogP contribution >= 0.6 is 0 Å². The summed E-state index contributed by atoms with van der Waals surface area (Å²) < 4.78 is 10.1. The summed E-state index contributed by atoms with van der Waals surface area (Å²) in [4.78, 5) is 24.2. The van der Waals surface area contributed by atoms with Gasteiger partial charge in [0, 0.05) is 5.69 Å². The van der Waals surface area contributed by atoms with Crippen molar-refractivity contribution in [3.05, 3.63) is 42.5 Å². The molecule has 0 amide bonds. The Morgan fingerprint density at radius 3 is 2.18 bits per heavy atom. The second kappa shape index (κ2) is 8.87. The van der Waals surface area contributed by atoms with Crippen LogP contribution in [0.4, 0.5) is 5.69 Å². The molecule has 0 unspecified atom stereocenters. The highest BCUT2D eigenvalue weighted by Crippen LogP contribution is 2.17. The average molecular weight is 305 g/mol. The number of nitrogens with one attached hydrogen (secondary N) is 1. The lowest BCUT2D eigenvalue weighted by molar-refractivity contribution is -0.153. The number of ether oxygens (including phenoxy) is 2. The zero-order chi connectivity index (χ0) is 16.5. The molecule has 0 aliphatic heterocycles. The smallest absolute Gasteiger partial charge is 0.329 e. The van der Waals surface area contributed by atoms with Gasteiger partial charge in [-0.2, -0.15) is 0 Å². The van der Waals surface area contributed by atoms with Crippen molar-refractivity contribution < 1.29 is 19.1 Å². The highest BCUT2D eigenvalue weighted by atomic mass is 16.5. The molecule has 1 aromatic carbocycles. The van der Waals surface area contributed by atoms with E-state index in [2.05, 4.69) is 11.9 Å². The monoisotopic (exact) mass is 305 g/mol. The molecule has 0 bridgehead atoms. The molecule has 0 radical (unpaired) electrons. The number of esters is 2. The lowest BCUT2D eigenvalue weighted by Crippen LogP contribution is -2.42. The maximum atomic E-state index is 12.2. The SMILES string of the molecule is C=C[C@@H](C(=O)OCC)[C@H](Nc1ccc(C)cc1)C(=O)OCC. The minimum Gasteiger partial charge on any atom is -0.465 e. The van der Waals surface area contributed by atoms with Gasteiger partial charge in [-0.1, -0.05) is 23.8 Å². The molecule has 1 rings (SSSR count). The molecule has 0 saturated heterocycles. The summed E-state index contributed by atoms with van der Waals surface area (Å²) in [5.41, 5.74) is 1.82. The van der Waals surface area contributed by atoms with Crippen LogP contribution in [0.25, 0.3) is 0 Å². The Bertz CT molecular complexity index is 510. The Morgan fingerprint density at radius 2 is 1.68 bits per heavy atom. The lowest BCUT2D eigenvalue weighted by atomic mass is 9.99. The Labute approximate surface area is 131 Å². The van der Waals surface area contributed by atoms with E-state index >= 15 is 0 Å². The average Bonchev–Trinajstić information content (AvgIpc) is 2.49. The quantitative estimate of drug-likeness (QED) is 0.591. The zero-order valence-electron chi connectivity index (χ0n) is 13.3. The van der Waals surface area contributed by atoms with Crippen LogP contribution in [0.2, 0.25) is 0 Å². The van der Waals surface area contributed by atoms with Crippen molar-refractivity contribution in [2.24, 2.45) is 5.92 Å². The predicted octanol–water partition coefficient (Wildman–Crippen LogP) is 2.70. The van der Waals surface area contributed by atoms with Gasteiger partial charge in [0.15, 0.2) is 0 Å². The largest absolute Gasteiger partial charge is 0.465 e. The number of carbonyl (C=O) groups excluding carboxylic acids is 2. The molecule has 0 fully saturated rings. The van der Waals surface area contributed by atoms with E-state index in [-0.39, 0.29) is 13.2 Å². The molecule has 0 aromatic heterocycles. The number of carbonyl (C=O) groups is 2. The van der Waals surface area contributed by atoms with Crippen LogP contribution in [0.1, 0.15) is 19.4 Å². The molecule has 1 aromatic rings. The van der Waals surface area contributed by atoms with Crippen molar-refractivity contribution in [3.8, 4) is 0 Å². The fourth-order valence-electron chi connectivity index (χ4n) is 1.96. The van der Waals surface area contributed by atoms with E-state index in [4.69, 9.17) is 9.47 Å². The van der Waals surface area contributed by atoms with Crippen molar-refractivity contribution in [2.45, 2.75) is 26.8 Å². The summed E-state index contributed by atoms with van der Waals surface area (Å²) in [7, 11) is 0. The van der Waals surface area contributed by atoms with E-state index in [1.807, 2.05) is 31.2 Å². The third-order valence-electron chi connectivity index (χ3n) is 3.09. The normalized spacial score (nSPS) is 12.9. The Morgan fingerprint density at radius 1 is 1.14 bits per heavy atom. The minimum atomic E-state index is -0.876. The second-order valence-electron chi connectivity index (χ2n) is 4.75. The fraction of sp³-hybridized carbons (Fsp3) is 0.412. The first-order chi connectivity index (χ1) is 10.5. The first-order valence-electron chi connectivity index (χ1n) is 7.32. The van der Waals surface area contributed by atoms with E-state index in [9.17, 15) is 9.59 Å². The van der Waals surface area contributed by atoms with E-state index in [1.165, 1.54) is 6.08 Å². The van der Waals surface area contributed by atoms with Gasteiger partial charge in [0.1, 0.15) is 12.0 Å². The van der Waals surface area contributed by atoms with Crippen LogP contribution in [-0.2, 0) is 19.1 Å². The van der Waals surface area contributed by atoms with Crippen molar-refractivity contribution >= 4 is 17.6 Å². The fourth-order valence-corrected chi connectivity index (χ4v) is 1.96. The molecule has 0 heterocycles. The van der Waals surface area contributed by atoms with Gasteiger partial charge in [0.2, 0.25) is 0 Å². The lowest BCUT2D eigenvalue weighted by Gasteiger charge is -2.23. The standard InChI is InChI=1S/C17H23NO4/c1-5-14(16(19)21-6-2)15(17(20)22-7-3)18-13-10-8-12(4)9-11-13/h5,8-11,14-15,18H,1,6-7H2,2-4H3/t14-,15+/m1/s1. The summed E-state index contributed by atoms with van der Waals surface area (Å²) in [6.07, 6.45) is 1.40. The second-order valence-corrected chi connectivity index (χ2v) is 4.75. The summed E-state index contributed by atoms with van der Waals surface area (Å²) in [6.45, 7) is 9.51. The molecule has 0 aliphatic carbocycles. The van der Waals surface area contributed by atoms with Crippen molar-refractivity contribution in [1.82, 2.24) is 0 Å². The van der Waals surface area contributed by atoms with Crippen LogP contribution in [0, 0.1) is 12.8 Å². The Kier molecular flexibility index (Phi) is 7.16. The van der Waals surface area contributed by atoms with Crippen molar-refractivity contribution in [2.75, 3.05) is 18.5 Å². The van der Waals surface area contributed by atoms with Gasteiger partial charge < -0.3 is 14.8 Å². The van der Waals surface area contributed by atoms with Gasteiger partial charge in [-0.25, -0.2) is 4.79 Å². The van der Waals surface area contributed by atoms with Gasteiger partial charge in [0.05, 0.1) is 13.2 Å². The highest BCUT2D eigenvalue weighted by molar-refractivity contribution is 5.88. The zero-order valence-corrected chi connectivity index (χ0v) is 13.3. The molecular formula is C17H23NO4. The van der Waals surface area contributed by atoms with Gasteiger partial charge in [-0.3, -0.25) is 4.79 Å². The molecule has 2 atom stereocenters. The van der Waals surface area contributed by atoms with E-state index in [1.54, 1.807) is 13.8 Å². The molecule has 0 spiro atoms. The molecule has 22 heavy (non-hydrogen) atoms. The number of rotatable bonds is 8. The van der Waals surface area contributed by atoms with Crippen molar-refractivity contribution in [3.63, 3.8) is 0 Å². The van der Waals surface area contributed by atoms with Gasteiger partial charge in [-0.15, -0.1) is 6.58 Å². The summed E-state index contributed by atoms with van der Waals surface area (Å²) in [5.74, 6) is -1.84. The Balaban J connectivity index is 3.00. The first kappa shape index (κ1) is 17.8. The van der Waals surface area contributed by atoms with Crippen LogP contribution in [0.3, 0.4) is 0 Å². The number of anilines is 1. The number of hydrogen-bond donors (Lipinski definition) is 1. The first-order valence-corrected chi connectivity index (χ1v) is 7.32. The summed E-state index contributed by atoms with van der Waals surface area (Å²) in [5, 5.41) is 3.03. The highest BCUT2D eigenvalue weighted by Gasteiger charge is 2.33. The predicted molar refractivity (Wildman–Crippen MR) is 85.5 cm³/mol. The molecule has 120 valence electrons.